The Morgan fingerprint density at radius 2 is 1.79 bits per heavy atom. The van der Waals surface area contributed by atoms with E-state index in [0.717, 1.165) is 37.7 Å². The summed E-state index contributed by atoms with van der Waals surface area (Å²) in [5, 5.41) is 0. The summed E-state index contributed by atoms with van der Waals surface area (Å²) >= 11 is 0. The minimum absolute atomic E-state index is 0.0106. The largest absolute Gasteiger partial charge is 0.482 e. The van der Waals surface area contributed by atoms with E-state index >= 15 is 0 Å². The van der Waals surface area contributed by atoms with Crippen molar-refractivity contribution in [2.75, 3.05) is 6.61 Å². The predicted molar refractivity (Wildman–Crippen MR) is 140 cm³/mol. The van der Waals surface area contributed by atoms with E-state index in [1.807, 2.05) is 19.1 Å². The molecular weight excluding hydrogens is 512 g/mol. The van der Waals surface area contributed by atoms with Crippen LogP contribution in [0.25, 0.3) is 11.2 Å². The lowest BCUT2D eigenvalue weighted by atomic mass is 9.84. The number of benzene rings is 1. The van der Waals surface area contributed by atoms with Crippen LogP contribution in [0.5, 0.6) is 5.75 Å². The van der Waals surface area contributed by atoms with Gasteiger partial charge in [0.05, 0.1) is 12.2 Å². The Balaban J connectivity index is 0.000000379. The lowest BCUT2D eigenvalue weighted by Gasteiger charge is -2.23. The van der Waals surface area contributed by atoms with E-state index in [1.165, 1.54) is 35.0 Å². The molecule has 5 rings (SSSR count). The van der Waals surface area contributed by atoms with E-state index in [0.29, 0.717) is 22.4 Å². The predicted octanol–water partition coefficient (Wildman–Crippen LogP) is 6.67. The van der Waals surface area contributed by atoms with Crippen molar-refractivity contribution in [3.8, 4) is 5.75 Å². The number of hydrogen-bond acceptors (Lipinski definition) is 5. The second-order valence-electron chi connectivity index (χ2n) is 9.70. The highest BCUT2D eigenvalue weighted by atomic mass is 19.4. The summed E-state index contributed by atoms with van der Waals surface area (Å²) in [4.78, 5) is 26.6. The van der Waals surface area contributed by atoms with Crippen molar-refractivity contribution in [1.82, 2.24) is 19.5 Å². The van der Waals surface area contributed by atoms with Crippen LogP contribution in [0.4, 0.5) is 17.6 Å². The van der Waals surface area contributed by atoms with Gasteiger partial charge in [-0.2, -0.15) is 13.2 Å². The van der Waals surface area contributed by atoms with Crippen molar-refractivity contribution >= 4 is 11.2 Å². The van der Waals surface area contributed by atoms with Gasteiger partial charge in [-0.1, -0.05) is 31.4 Å². The molecule has 6 nitrogen and oxygen atoms in total. The summed E-state index contributed by atoms with van der Waals surface area (Å²) in [6.45, 7) is 2.16. The number of rotatable bonds is 5. The van der Waals surface area contributed by atoms with Gasteiger partial charge < -0.3 is 4.74 Å². The molecule has 0 spiro atoms. The molecule has 10 heteroatoms. The van der Waals surface area contributed by atoms with E-state index in [2.05, 4.69) is 15.0 Å². The van der Waals surface area contributed by atoms with Crippen LogP contribution in [-0.4, -0.2) is 32.3 Å². The zero-order valence-corrected chi connectivity index (χ0v) is 21.8. The number of alkyl halides is 3. The van der Waals surface area contributed by atoms with Crippen LogP contribution >= 0.6 is 0 Å². The van der Waals surface area contributed by atoms with Gasteiger partial charge in [0.15, 0.2) is 12.3 Å². The van der Waals surface area contributed by atoms with E-state index < -0.39 is 12.8 Å². The molecule has 1 aromatic carbocycles. The Bertz CT molecular complexity index is 1460. The average Bonchev–Trinajstić information content (AvgIpc) is 2.90. The van der Waals surface area contributed by atoms with Gasteiger partial charge in [-0.05, 0) is 68.5 Å². The van der Waals surface area contributed by atoms with Crippen LogP contribution in [0, 0.1) is 19.7 Å². The molecular formula is C29H30F4N4O2. The minimum atomic E-state index is -4.47. The van der Waals surface area contributed by atoms with Crippen LogP contribution in [0.1, 0.15) is 60.5 Å². The number of nitrogens with zero attached hydrogens (tertiary/aromatic N) is 4. The molecule has 0 bridgehead atoms. The van der Waals surface area contributed by atoms with Gasteiger partial charge in [-0.25, -0.2) is 9.37 Å². The van der Waals surface area contributed by atoms with Gasteiger partial charge in [-0.3, -0.25) is 19.3 Å². The van der Waals surface area contributed by atoms with Crippen molar-refractivity contribution in [2.24, 2.45) is 0 Å². The number of aryl methyl sites for hydroxylation is 2. The molecule has 3 heterocycles. The minimum Gasteiger partial charge on any atom is -0.482 e. The summed E-state index contributed by atoms with van der Waals surface area (Å²) in [6, 6.07) is 11.2. The van der Waals surface area contributed by atoms with Crippen LogP contribution in [-0.2, 0) is 6.54 Å². The zero-order valence-electron chi connectivity index (χ0n) is 21.8. The molecule has 206 valence electrons. The SMILES string of the molecule is Cc1cccc(F)c1.Cc1cnc2cc(C3CCCCC3)c(=O)n(Cc3ncccc3OCC(F)(F)F)c2n1. The highest BCUT2D eigenvalue weighted by molar-refractivity contribution is 5.71. The molecule has 1 fully saturated rings. The maximum absolute atomic E-state index is 13.5. The fourth-order valence-electron chi connectivity index (χ4n) is 4.68. The summed E-state index contributed by atoms with van der Waals surface area (Å²) in [5.74, 6) is -0.0294. The highest BCUT2D eigenvalue weighted by Crippen LogP contribution is 2.32. The molecule has 0 unspecified atom stereocenters. The third-order valence-electron chi connectivity index (χ3n) is 6.51. The molecule has 39 heavy (non-hydrogen) atoms. The lowest BCUT2D eigenvalue weighted by molar-refractivity contribution is -0.153. The number of ether oxygens (including phenoxy) is 1. The van der Waals surface area contributed by atoms with E-state index in [-0.39, 0.29) is 35.3 Å². The van der Waals surface area contributed by atoms with E-state index in [4.69, 9.17) is 4.74 Å². The Labute approximate surface area is 223 Å². The smallest absolute Gasteiger partial charge is 0.422 e. The van der Waals surface area contributed by atoms with Crippen molar-refractivity contribution in [1.29, 1.82) is 0 Å². The molecule has 1 saturated carbocycles. The van der Waals surface area contributed by atoms with Gasteiger partial charge in [-0.15, -0.1) is 0 Å². The van der Waals surface area contributed by atoms with Crippen LogP contribution < -0.4 is 10.3 Å². The molecule has 0 radical (unpaired) electrons. The number of fused-ring (bicyclic) bond motifs is 1. The summed E-state index contributed by atoms with van der Waals surface area (Å²) in [7, 11) is 0. The summed E-state index contributed by atoms with van der Waals surface area (Å²) in [6.07, 6.45) is 3.79. The second-order valence-corrected chi connectivity index (χ2v) is 9.70. The lowest BCUT2D eigenvalue weighted by Crippen LogP contribution is -2.28. The second kappa shape index (κ2) is 12.4. The highest BCUT2D eigenvalue weighted by Gasteiger charge is 2.29. The fourth-order valence-corrected chi connectivity index (χ4v) is 4.68. The molecule has 0 aliphatic heterocycles. The van der Waals surface area contributed by atoms with E-state index in [9.17, 15) is 22.4 Å². The molecule has 1 aliphatic carbocycles. The normalized spacial score (nSPS) is 14.1. The Hall–Kier alpha value is -3.82. The third-order valence-corrected chi connectivity index (χ3v) is 6.51. The van der Waals surface area contributed by atoms with E-state index in [1.54, 1.807) is 19.2 Å². The Kier molecular flexibility index (Phi) is 8.93. The van der Waals surface area contributed by atoms with Gasteiger partial charge in [0.1, 0.15) is 22.8 Å². The van der Waals surface area contributed by atoms with Crippen LogP contribution in [0.15, 0.2) is 59.7 Å². The first-order valence-electron chi connectivity index (χ1n) is 12.8. The van der Waals surface area contributed by atoms with Gasteiger partial charge >= 0.3 is 6.18 Å². The third kappa shape index (κ3) is 7.61. The molecule has 0 amide bonds. The molecule has 4 aromatic rings. The monoisotopic (exact) mass is 542 g/mol. The standard InChI is InChI=1S/C22H23F3N4O2.C7H7F/c1-14-11-27-17-10-16(15-6-3-2-4-7-15)21(30)29(20(17)28-14)12-18-19(8-5-9-26-18)31-13-22(23,24)25;1-6-3-2-4-7(8)5-6/h5,8-11,15H,2-4,6-7,12-13H2,1H3;2-5H,1H3. The zero-order chi connectivity index (χ0) is 28.0. The van der Waals surface area contributed by atoms with Crippen LogP contribution in [0.2, 0.25) is 0 Å². The summed E-state index contributed by atoms with van der Waals surface area (Å²) in [5.41, 5.74) is 3.28. The van der Waals surface area contributed by atoms with Crippen molar-refractivity contribution in [2.45, 2.75) is 64.6 Å². The Morgan fingerprint density at radius 1 is 1.03 bits per heavy atom. The summed E-state index contributed by atoms with van der Waals surface area (Å²) < 4.78 is 56.6. The molecule has 0 atom stereocenters. The van der Waals surface area contributed by atoms with Crippen molar-refractivity contribution in [3.05, 3.63) is 93.5 Å². The van der Waals surface area contributed by atoms with Gasteiger partial charge in [0.25, 0.3) is 5.56 Å². The van der Waals surface area contributed by atoms with Crippen LogP contribution in [0.3, 0.4) is 0 Å². The van der Waals surface area contributed by atoms with Crippen molar-refractivity contribution < 1.29 is 22.3 Å². The quantitative estimate of drug-likeness (QED) is 0.264. The first kappa shape index (κ1) is 28.2. The number of aromatic nitrogens is 4. The first-order chi connectivity index (χ1) is 18.6. The topological polar surface area (TPSA) is 69.9 Å². The van der Waals surface area contributed by atoms with Gasteiger partial charge in [0.2, 0.25) is 0 Å². The maximum atomic E-state index is 13.5. The average molecular weight is 543 g/mol. The molecule has 3 aromatic heterocycles. The molecule has 1 aliphatic rings. The van der Waals surface area contributed by atoms with Gasteiger partial charge in [0, 0.05) is 18.0 Å². The van der Waals surface area contributed by atoms with Crippen molar-refractivity contribution in [3.63, 3.8) is 0 Å². The Morgan fingerprint density at radius 3 is 2.46 bits per heavy atom. The maximum Gasteiger partial charge on any atom is 0.422 e. The first-order valence-corrected chi connectivity index (χ1v) is 12.8. The number of pyridine rings is 2. The fraction of sp³-hybridized carbons (Fsp3) is 0.379. The number of hydrogen-bond donors (Lipinski definition) is 0. The molecule has 0 saturated heterocycles. The molecule has 0 N–H and O–H groups in total. The number of halogens is 4.